The van der Waals surface area contributed by atoms with Crippen molar-refractivity contribution in [3.05, 3.63) is 47.5 Å². The number of nitriles is 1. The van der Waals surface area contributed by atoms with Crippen LogP contribution in [0.1, 0.15) is 24.1 Å². The van der Waals surface area contributed by atoms with Gasteiger partial charge in [0.25, 0.3) is 0 Å². The number of ether oxygens (including phenoxy) is 1. The second-order valence-corrected chi connectivity index (χ2v) is 9.21. The van der Waals surface area contributed by atoms with Crippen molar-refractivity contribution in [3.63, 3.8) is 0 Å². The van der Waals surface area contributed by atoms with E-state index in [0.29, 0.717) is 48.6 Å². The fourth-order valence-corrected chi connectivity index (χ4v) is 4.65. The van der Waals surface area contributed by atoms with Crippen molar-refractivity contribution in [2.24, 2.45) is 0 Å². The third-order valence-corrected chi connectivity index (χ3v) is 6.76. The second kappa shape index (κ2) is 11.1. The number of anilines is 2. The number of amides is 1. The summed E-state index contributed by atoms with van der Waals surface area (Å²) in [4.78, 5) is 24.8. The normalized spacial score (nSPS) is 17.9. The lowest BCUT2D eigenvalue weighted by molar-refractivity contribution is -0.117. The number of piperazine rings is 1. The zero-order valence-corrected chi connectivity index (χ0v) is 20.9. The van der Waals surface area contributed by atoms with Gasteiger partial charge in [0.2, 0.25) is 5.91 Å². The number of nitrogens with zero attached hydrogens (tertiary/aromatic N) is 6. The smallest absolute Gasteiger partial charge is 0.233 e. The number of rotatable bonds is 6. The fourth-order valence-electron chi connectivity index (χ4n) is 4.25. The first-order valence-corrected chi connectivity index (χ1v) is 12.1. The molecule has 0 unspecified atom stereocenters. The molecule has 0 bridgehead atoms. The third-order valence-electron chi connectivity index (χ3n) is 6.36. The summed E-state index contributed by atoms with van der Waals surface area (Å²) < 4.78 is 20.7. The molecular weight excluding hydrogens is 467 g/mol. The average molecular weight is 497 g/mol. The van der Waals surface area contributed by atoms with Crippen LogP contribution in [0.25, 0.3) is 0 Å². The van der Waals surface area contributed by atoms with Crippen molar-refractivity contribution >= 4 is 34.6 Å². The minimum Gasteiger partial charge on any atom is -0.489 e. The van der Waals surface area contributed by atoms with Crippen LogP contribution in [0.5, 0.6) is 5.75 Å². The van der Waals surface area contributed by atoms with Crippen molar-refractivity contribution in [2.45, 2.75) is 19.8 Å². The first kappa shape index (κ1) is 25.0. The predicted octanol–water partition coefficient (Wildman–Crippen LogP) is 2.95. The van der Waals surface area contributed by atoms with Gasteiger partial charge in [-0.25, -0.2) is 9.37 Å². The Labute approximate surface area is 210 Å². The molecule has 2 aliphatic heterocycles. The van der Waals surface area contributed by atoms with Gasteiger partial charge in [-0.05, 0) is 56.4 Å². The molecule has 4 rings (SSSR count). The van der Waals surface area contributed by atoms with E-state index >= 15 is 0 Å². The van der Waals surface area contributed by atoms with E-state index < -0.39 is 5.82 Å². The first-order chi connectivity index (χ1) is 16.9. The quantitative estimate of drug-likeness (QED) is 0.565. The molecular formula is C25H29FN6O2S. The highest BCUT2D eigenvalue weighted by molar-refractivity contribution is 7.81. The van der Waals surface area contributed by atoms with Gasteiger partial charge in [-0.15, -0.1) is 0 Å². The van der Waals surface area contributed by atoms with Crippen LogP contribution in [0.2, 0.25) is 0 Å². The Morgan fingerprint density at radius 3 is 2.63 bits per heavy atom. The minimum absolute atomic E-state index is 0.160. The zero-order chi connectivity index (χ0) is 24.9. The van der Waals surface area contributed by atoms with Gasteiger partial charge >= 0.3 is 0 Å². The molecule has 1 aromatic heterocycles. The molecule has 1 aromatic carbocycles. The van der Waals surface area contributed by atoms with Crippen LogP contribution in [0.4, 0.5) is 15.8 Å². The molecule has 2 aromatic rings. The van der Waals surface area contributed by atoms with Gasteiger partial charge in [0.15, 0.2) is 16.7 Å². The van der Waals surface area contributed by atoms with Crippen molar-refractivity contribution < 1.29 is 13.9 Å². The van der Waals surface area contributed by atoms with E-state index in [4.69, 9.17) is 22.2 Å². The van der Waals surface area contributed by atoms with Crippen molar-refractivity contribution in [1.82, 2.24) is 14.8 Å². The van der Waals surface area contributed by atoms with Gasteiger partial charge in [0.05, 0.1) is 11.9 Å². The maximum Gasteiger partial charge on any atom is 0.233 e. The van der Waals surface area contributed by atoms with Crippen LogP contribution >= 0.6 is 12.2 Å². The summed E-state index contributed by atoms with van der Waals surface area (Å²) in [7, 11) is 2.11. The number of likely N-dealkylation sites (N-methyl/N-ethyl adjacent to an activating group) is 1. The molecule has 8 nitrogen and oxygen atoms in total. The molecule has 0 N–H and O–H groups in total. The molecule has 3 heterocycles. The Kier molecular flexibility index (Phi) is 7.90. The lowest BCUT2D eigenvalue weighted by Crippen LogP contribution is -2.45. The summed E-state index contributed by atoms with van der Waals surface area (Å²) in [6.07, 6.45) is 2.34. The van der Waals surface area contributed by atoms with Crippen LogP contribution in [0, 0.1) is 24.1 Å². The van der Waals surface area contributed by atoms with E-state index in [1.165, 1.54) is 17.2 Å². The van der Waals surface area contributed by atoms with E-state index in [2.05, 4.69) is 21.8 Å². The van der Waals surface area contributed by atoms with Crippen molar-refractivity contribution in [2.75, 3.05) is 62.7 Å². The van der Waals surface area contributed by atoms with Gasteiger partial charge in [-0.2, -0.15) is 5.26 Å². The Morgan fingerprint density at radius 2 is 1.94 bits per heavy atom. The minimum atomic E-state index is -0.471. The molecule has 0 saturated carbocycles. The number of halogens is 1. The summed E-state index contributed by atoms with van der Waals surface area (Å²) in [6, 6.07) is 8.51. The molecule has 0 aliphatic carbocycles. The summed E-state index contributed by atoms with van der Waals surface area (Å²) >= 11 is 5.68. The van der Waals surface area contributed by atoms with Gasteiger partial charge in [0.1, 0.15) is 18.4 Å². The summed E-state index contributed by atoms with van der Waals surface area (Å²) in [5.41, 5.74) is 1.99. The number of thiocarbonyl (C=S) groups is 1. The molecule has 2 aliphatic rings. The largest absolute Gasteiger partial charge is 0.489 e. The monoisotopic (exact) mass is 496 g/mol. The maximum atomic E-state index is 14.9. The fraction of sp³-hybridized carbons (Fsp3) is 0.440. The van der Waals surface area contributed by atoms with Gasteiger partial charge in [-0.3, -0.25) is 14.6 Å². The Balaban J connectivity index is 1.47. The summed E-state index contributed by atoms with van der Waals surface area (Å²) in [5, 5.41) is 9.41. The van der Waals surface area contributed by atoms with Gasteiger partial charge in [0, 0.05) is 57.4 Å². The molecule has 0 atom stereocenters. The van der Waals surface area contributed by atoms with Crippen molar-refractivity contribution in [3.8, 4) is 11.8 Å². The predicted molar refractivity (Wildman–Crippen MR) is 136 cm³/mol. The Morgan fingerprint density at radius 1 is 1.17 bits per heavy atom. The zero-order valence-electron chi connectivity index (χ0n) is 20.0. The van der Waals surface area contributed by atoms with E-state index in [9.17, 15) is 9.18 Å². The molecule has 0 spiro atoms. The van der Waals surface area contributed by atoms with Crippen LogP contribution < -0.4 is 14.5 Å². The highest BCUT2D eigenvalue weighted by Gasteiger charge is 2.30. The number of carbonyl (C=O) groups is 1. The van der Waals surface area contributed by atoms with Gasteiger partial charge in [-0.1, -0.05) is 0 Å². The molecule has 0 radical (unpaired) electrons. The Bertz CT molecular complexity index is 1150. The van der Waals surface area contributed by atoms with E-state index in [1.807, 2.05) is 6.07 Å². The maximum absolute atomic E-state index is 14.9. The number of carbonyl (C=O) groups excluding carboxylic acids is 1. The molecule has 184 valence electrons. The van der Waals surface area contributed by atoms with Crippen LogP contribution in [-0.4, -0.2) is 78.7 Å². The van der Waals surface area contributed by atoms with E-state index in [0.717, 1.165) is 32.7 Å². The number of pyridine rings is 1. The van der Waals surface area contributed by atoms with Crippen LogP contribution in [-0.2, 0) is 4.79 Å². The molecule has 1 amide bonds. The number of benzene rings is 1. The Hall–Kier alpha value is -3.13. The lowest BCUT2D eigenvalue weighted by Gasteiger charge is -2.32. The van der Waals surface area contributed by atoms with Gasteiger partial charge < -0.3 is 14.5 Å². The van der Waals surface area contributed by atoms with E-state index in [-0.39, 0.29) is 16.8 Å². The number of aryl methyl sites for hydroxylation is 1. The molecule has 35 heavy (non-hydrogen) atoms. The number of hydrogen-bond donors (Lipinski definition) is 0. The van der Waals surface area contributed by atoms with Crippen LogP contribution in [0.15, 0.2) is 30.5 Å². The molecule has 2 fully saturated rings. The first-order valence-electron chi connectivity index (χ1n) is 11.7. The highest BCUT2D eigenvalue weighted by atomic mass is 32.1. The molecule has 10 heteroatoms. The number of aromatic nitrogens is 1. The summed E-state index contributed by atoms with van der Waals surface area (Å²) in [5.74, 6) is -0.433. The average Bonchev–Trinajstić information content (AvgIpc) is 2.98. The highest BCUT2D eigenvalue weighted by Crippen LogP contribution is 2.29. The number of hydrogen-bond acceptors (Lipinski definition) is 7. The topological polar surface area (TPSA) is 75.9 Å². The van der Waals surface area contributed by atoms with Crippen LogP contribution in [0.3, 0.4) is 0 Å². The second-order valence-electron chi connectivity index (χ2n) is 8.85. The third kappa shape index (κ3) is 5.75. The van der Waals surface area contributed by atoms with Crippen molar-refractivity contribution in [1.29, 1.82) is 5.26 Å². The standard InChI is InChI=1S/C25H29FN6O2S/c1-18-14-20(17-28-22(18)16-27)32-24(33)4-3-7-31(25(32)35)19-5-6-23(21(26)15-19)34-13-12-30-10-8-29(2)9-11-30/h5-6,14-15,17H,3-4,7-13H2,1-2H3. The van der Waals surface area contributed by atoms with E-state index in [1.54, 1.807) is 30.0 Å². The SMILES string of the molecule is Cc1cc(N2C(=O)CCCN(c3ccc(OCCN4CCN(C)CC4)c(F)c3)C2=S)cnc1C#N. The summed E-state index contributed by atoms with van der Waals surface area (Å²) in [6.45, 7) is 7.42. The lowest BCUT2D eigenvalue weighted by atomic mass is 10.2. The molecule has 2 saturated heterocycles.